The third-order valence-electron chi connectivity index (χ3n) is 2.28. The molecule has 2 N–H and O–H groups in total. The predicted molar refractivity (Wildman–Crippen MR) is 53.2 cm³/mol. The molecule has 0 atom stereocenters. The van der Waals surface area contributed by atoms with Crippen LogP contribution in [0.3, 0.4) is 0 Å². The molecule has 1 fully saturated rings. The van der Waals surface area contributed by atoms with E-state index in [1.54, 1.807) is 0 Å². The summed E-state index contributed by atoms with van der Waals surface area (Å²) in [7, 11) is -4.28. The van der Waals surface area contributed by atoms with Crippen molar-refractivity contribution in [2.75, 3.05) is 18.8 Å². The van der Waals surface area contributed by atoms with E-state index in [4.69, 9.17) is 0 Å². The monoisotopic (exact) mass is 258 g/mol. The van der Waals surface area contributed by atoms with Crippen molar-refractivity contribution in [1.29, 1.82) is 0 Å². The van der Waals surface area contributed by atoms with Gasteiger partial charge in [0.25, 0.3) is 0 Å². The second kappa shape index (κ2) is 7.62. The first-order valence-electron chi connectivity index (χ1n) is 4.91. The van der Waals surface area contributed by atoms with Crippen LogP contribution in [0.2, 0.25) is 0 Å². The largest absolute Gasteiger partial charge is 1.00 e. The molecule has 0 spiro atoms. The van der Waals surface area contributed by atoms with Gasteiger partial charge in [-0.2, -0.15) is 0 Å². The molecule has 0 saturated carbocycles. The van der Waals surface area contributed by atoms with E-state index in [0.29, 0.717) is 0 Å². The van der Waals surface area contributed by atoms with Crippen LogP contribution in [0, 0.1) is 0 Å². The molecule has 8 heteroatoms. The van der Waals surface area contributed by atoms with Crippen molar-refractivity contribution in [1.82, 2.24) is 10.6 Å². The summed E-state index contributed by atoms with van der Waals surface area (Å²) in [6.45, 7) is 1.70. The molecule has 0 unspecified atom stereocenters. The molecule has 0 aromatic heterocycles. The molecule has 1 saturated heterocycles. The SMILES string of the molecule is O=C(CCS(=O)(=O)[O-])NC1CCNCC1.[Na+]. The van der Waals surface area contributed by atoms with Gasteiger partial charge in [0.2, 0.25) is 5.91 Å². The van der Waals surface area contributed by atoms with Gasteiger partial charge in [0.1, 0.15) is 0 Å². The fourth-order valence-corrected chi connectivity index (χ4v) is 1.92. The maximum absolute atomic E-state index is 11.2. The Kier molecular flexibility index (Phi) is 7.79. The molecule has 6 nitrogen and oxygen atoms in total. The number of hydrogen-bond donors (Lipinski definition) is 2. The van der Waals surface area contributed by atoms with E-state index in [9.17, 15) is 17.8 Å². The topological polar surface area (TPSA) is 98.3 Å². The minimum absolute atomic E-state index is 0. The molecule has 1 heterocycles. The Morgan fingerprint density at radius 2 is 1.94 bits per heavy atom. The fourth-order valence-electron chi connectivity index (χ4n) is 1.48. The molecule has 88 valence electrons. The van der Waals surface area contributed by atoms with Gasteiger partial charge in [0.05, 0.1) is 10.1 Å². The van der Waals surface area contributed by atoms with Gasteiger partial charge in [-0.1, -0.05) is 0 Å². The number of amides is 1. The number of nitrogens with one attached hydrogen (secondary N) is 2. The van der Waals surface area contributed by atoms with Gasteiger partial charge >= 0.3 is 29.6 Å². The minimum atomic E-state index is -4.28. The van der Waals surface area contributed by atoms with E-state index in [0.717, 1.165) is 25.9 Å². The molecule has 1 amide bonds. The summed E-state index contributed by atoms with van der Waals surface area (Å²) in [6.07, 6.45) is 1.45. The van der Waals surface area contributed by atoms with E-state index in [-0.39, 0.29) is 47.9 Å². The molecule has 1 rings (SSSR count). The molecule has 0 radical (unpaired) electrons. The Hall–Kier alpha value is 0.340. The van der Waals surface area contributed by atoms with E-state index >= 15 is 0 Å². The van der Waals surface area contributed by atoms with Crippen molar-refractivity contribution >= 4 is 16.0 Å². The van der Waals surface area contributed by atoms with Gasteiger partial charge in [0, 0.05) is 18.2 Å². The molecule has 16 heavy (non-hydrogen) atoms. The van der Waals surface area contributed by atoms with Gasteiger partial charge in [-0.25, -0.2) is 8.42 Å². The van der Waals surface area contributed by atoms with Gasteiger partial charge in [-0.05, 0) is 25.9 Å². The standard InChI is InChI=1S/C8H16N2O4S.Na/c11-8(3-6-15(12,13)14)10-7-1-4-9-5-2-7;/h7,9H,1-6H2,(H,10,11)(H,12,13,14);/q;+1/p-1. The second-order valence-corrected chi connectivity index (χ2v) is 5.13. The maximum Gasteiger partial charge on any atom is 1.00 e. The summed E-state index contributed by atoms with van der Waals surface area (Å²) < 4.78 is 30.8. The Balaban J connectivity index is 0.00000225. The second-order valence-electron chi connectivity index (χ2n) is 3.60. The van der Waals surface area contributed by atoms with E-state index in [1.807, 2.05) is 0 Å². The molecule has 0 aromatic carbocycles. The molecule has 0 aliphatic carbocycles. The first kappa shape index (κ1) is 16.3. The number of hydrogen-bond acceptors (Lipinski definition) is 5. The molecule has 0 bridgehead atoms. The van der Waals surface area contributed by atoms with Crippen molar-refractivity contribution < 1.29 is 47.3 Å². The van der Waals surface area contributed by atoms with Crippen molar-refractivity contribution in [2.24, 2.45) is 0 Å². The zero-order valence-corrected chi connectivity index (χ0v) is 12.2. The van der Waals surface area contributed by atoms with Crippen LogP contribution in [0.5, 0.6) is 0 Å². The first-order valence-corrected chi connectivity index (χ1v) is 6.49. The molecular weight excluding hydrogens is 243 g/mol. The van der Waals surface area contributed by atoms with Crippen LogP contribution in [-0.2, 0) is 14.9 Å². The smallest absolute Gasteiger partial charge is 0.748 e. The Morgan fingerprint density at radius 1 is 1.38 bits per heavy atom. The third kappa shape index (κ3) is 7.59. The van der Waals surface area contributed by atoms with Crippen LogP contribution in [0.15, 0.2) is 0 Å². The van der Waals surface area contributed by atoms with Crippen LogP contribution in [-0.4, -0.2) is 43.8 Å². The van der Waals surface area contributed by atoms with Crippen LogP contribution in [0.25, 0.3) is 0 Å². The normalized spacial score (nSPS) is 17.6. The van der Waals surface area contributed by atoms with E-state index < -0.39 is 15.9 Å². The minimum Gasteiger partial charge on any atom is -0.748 e. The summed E-state index contributed by atoms with van der Waals surface area (Å²) in [4.78, 5) is 11.2. The van der Waals surface area contributed by atoms with Crippen LogP contribution in [0.4, 0.5) is 0 Å². The Morgan fingerprint density at radius 3 is 2.44 bits per heavy atom. The van der Waals surface area contributed by atoms with E-state index in [2.05, 4.69) is 10.6 Å². The number of carbonyl (C=O) groups is 1. The van der Waals surface area contributed by atoms with Gasteiger partial charge in [-0.15, -0.1) is 0 Å². The molecule has 1 aliphatic rings. The summed E-state index contributed by atoms with van der Waals surface area (Å²) in [5.74, 6) is -0.981. The van der Waals surface area contributed by atoms with Crippen molar-refractivity contribution in [2.45, 2.75) is 25.3 Å². The average Bonchev–Trinajstić information content (AvgIpc) is 2.15. The Labute approximate surface area is 118 Å². The van der Waals surface area contributed by atoms with Crippen LogP contribution < -0.4 is 40.2 Å². The number of carbonyl (C=O) groups excluding carboxylic acids is 1. The zero-order valence-electron chi connectivity index (χ0n) is 9.36. The van der Waals surface area contributed by atoms with E-state index in [1.165, 1.54) is 0 Å². The fraction of sp³-hybridized carbons (Fsp3) is 0.875. The zero-order chi connectivity index (χ0) is 11.3. The Bertz CT molecular complexity index is 314. The maximum atomic E-state index is 11.2. The average molecular weight is 258 g/mol. The van der Waals surface area contributed by atoms with Crippen molar-refractivity contribution in [3.63, 3.8) is 0 Å². The van der Waals surface area contributed by atoms with Crippen molar-refractivity contribution in [3.8, 4) is 0 Å². The third-order valence-corrected chi connectivity index (χ3v) is 2.99. The number of piperidine rings is 1. The summed E-state index contributed by atoms with van der Waals surface area (Å²) >= 11 is 0. The van der Waals surface area contributed by atoms with Crippen molar-refractivity contribution in [3.05, 3.63) is 0 Å². The molecule has 0 aromatic rings. The summed E-state index contributed by atoms with van der Waals surface area (Å²) in [5, 5.41) is 5.86. The first-order chi connectivity index (χ1) is 6.97. The quantitative estimate of drug-likeness (QED) is 0.393. The van der Waals surface area contributed by atoms with Gasteiger partial charge in [0.15, 0.2) is 0 Å². The molecular formula is C8H15N2NaO4S. The summed E-state index contributed by atoms with van der Waals surface area (Å²) in [5.41, 5.74) is 0. The summed E-state index contributed by atoms with van der Waals surface area (Å²) in [6, 6.07) is 0.105. The molecule has 1 aliphatic heterocycles. The number of rotatable bonds is 4. The predicted octanol–water partition coefficient (Wildman–Crippen LogP) is -4.21. The van der Waals surface area contributed by atoms with Crippen LogP contribution in [0.1, 0.15) is 19.3 Å². The van der Waals surface area contributed by atoms with Gasteiger partial charge < -0.3 is 15.2 Å². The van der Waals surface area contributed by atoms with Crippen LogP contribution >= 0.6 is 0 Å². The van der Waals surface area contributed by atoms with Gasteiger partial charge in [-0.3, -0.25) is 4.79 Å².